The Kier molecular flexibility index (Phi) is 4.37. The molecule has 2 aromatic heterocycles. The number of ether oxygens (including phenoxy) is 1. The molecule has 0 atom stereocenters. The number of anilines is 1. The van der Waals surface area contributed by atoms with E-state index in [9.17, 15) is 0 Å². The summed E-state index contributed by atoms with van der Waals surface area (Å²) in [5, 5.41) is 17.9. The van der Waals surface area contributed by atoms with Gasteiger partial charge in [0.15, 0.2) is 0 Å². The van der Waals surface area contributed by atoms with Crippen molar-refractivity contribution in [1.29, 1.82) is 5.26 Å². The fourth-order valence-electron chi connectivity index (χ4n) is 2.21. The van der Waals surface area contributed by atoms with Gasteiger partial charge in [0.25, 0.3) is 0 Å². The van der Waals surface area contributed by atoms with Gasteiger partial charge in [0.1, 0.15) is 0 Å². The van der Waals surface area contributed by atoms with Crippen LogP contribution in [0.2, 0.25) is 0 Å². The second kappa shape index (κ2) is 6.42. The van der Waals surface area contributed by atoms with Crippen LogP contribution in [0.3, 0.4) is 0 Å². The molecule has 2 aromatic rings. The second-order valence-electron chi connectivity index (χ2n) is 4.65. The molecule has 0 N–H and O–H groups in total. The average molecular weight is 361 g/mol. The zero-order chi connectivity index (χ0) is 14.7. The fourth-order valence-corrected chi connectivity index (χ4v) is 3.31. The summed E-state index contributed by atoms with van der Waals surface area (Å²) in [4.78, 5) is 6.22. The molecule has 1 aliphatic rings. The summed E-state index contributed by atoms with van der Waals surface area (Å²) in [6.45, 7) is 1.73. The normalized spacial score (nSPS) is 15.7. The molecule has 1 saturated heterocycles. The van der Waals surface area contributed by atoms with Crippen LogP contribution in [-0.4, -0.2) is 51.2 Å². The topological polar surface area (TPSA) is 74.9 Å². The van der Waals surface area contributed by atoms with E-state index in [2.05, 4.69) is 36.9 Å². The van der Waals surface area contributed by atoms with Gasteiger partial charge in [-0.3, -0.25) is 0 Å². The Morgan fingerprint density at radius 1 is 1.38 bits per heavy atom. The van der Waals surface area contributed by atoms with Crippen LogP contribution in [-0.2, 0) is 0 Å². The Hall–Kier alpha value is -1.64. The number of nitriles is 1. The van der Waals surface area contributed by atoms with Gasteiger partial charge in [0.05, 0.1) is 0 Å². The van der Waals surface area contributed by atoms with E-state index in [1.165, 1.54) is 11.3 Å². The molecule has 0 aliphatic carbocycles. The Morgan fingerprint density at radius 2 is 2.19 bits per heavy atom. The summed E-state index contributed by atoms with van der Waals surface area (Å²) < 4.78 is 7.02. The van der Waals surface area contributed by atoms with Crippen LogP contribution in [0, 0.1) is 11.3 Å². The molecule has 8 heteroatoms. The molecule has 0 aromatic carbocycles. The summed E-state index contributed by atoms with van der Waals surface area (Å²) >= 11 is 3.82. The molecule has 6 nitrogen and oxygen atoms in total. The summed E-state index contributed by atoms with van der Waals surface area (Å²) in [6, 6.07) is 3.91. The van der Waals surface area contributed by atoms with Crippen molar-refractivity contribution in [3.05, 3.63) is 23.5 Å². The monoisotopic (exact) mass is 361 g/mol. The van der Waals surface area contributed by atoms with Crippen LogP contribution in [0.25, 0.3) is 0 Å². The predicted octanol–water partition coefficient (Wildman–Crippen LogP) is 0.646. The zero-order valence-corrected chi connectivity index (χ0v) is 13.8. The maximum absolute atomic E-state index is 8.79. The molecule has 1 fully saturated rings. The molecule has 0 saturated carbocycles. The Labute approximate surface area is 135 Å². The Morgan fingerprint density at radius 3 is 2.86 bits per heavy atom. The van der Waals surface area contributed by atoms with E-state index in [4.69, 9.17) is 10.00 Å². The van der Waals surface area contributed by atoms with Crippen molar-refractivity contribution in [2.75, 3.05) is 18.0 Å². The van der Waals surface area contributed by atoms with Gasteiger partial charge in [-0.2, -0.15) is 0 Å². The summed E-state index contributed by atoms with van der Waals surface area (Å²) in [5.74, 6) is 0.881. The van der Waals surface area contributed by atoms with Crippen LogP contribution < -0.4 is 14.0 Å². The van der Waals surface area contributed by atoms with Crippen molar-refractivity contribution >= 4 is 37.7 Å². The third-order valence-electron chi connectivity index (χ3n) is 3.28. The van der Waals surface area contributed by atoms with Crippen molar-refractivity contribution in [2.45, 2.75) is 18.9 Å². The van der Waals surface area contributed by atoms with Gasteiger partial charge in [-0.1, -0.05) is 0 Å². The van der Waals surface area contributed by atoms with Gasteiger partial charge in [0, 0.05) is 0 Å². The van der Waals surface area contributed by atoms with Crippen LogP contribution in [0.1, 0.15) is 17.8 Å². The third-order valence-corrected chi connectivity index (χ3v) is 4.87. The second-order valence-corrected chi connectivity index (χ2v) is 6.62. The minimum absolute atomic E-state index is 0.204. The van der Waals surface area contributed by atoms with Crippen LogP contribution in [0.4, 0.5) is 5.13 Å². The van der Waals surface area contributed by atoms with E-state index in [-0.39, 0.29) is 6.10 Å². The predicted molar refractivity (Wildman–Crippen MR) is 80.1 cm³/mol. The number of piperidine rings is 1. The molecular formula is C13H12AsN5OS. The minimum atomic E-state index is 0.204. The number of rotatable bonds is 3. The van der Waals surface area contributed by atoms with Gasteiger partial charge in [0.2, 0.25) is 0 Å². The summed E-state index contributed by atoms with van der Waals surface area (Å²) in [5.41, 5.74) is 0. The van der Waals surface area contributed by atoms with Gasteiger partial charge < -0.3 is 0 Å². The molecule has 3 rings (SSSR count). The standard InChI is InChI=1S/C13H12AsN5OS/c14-10-8-16-4-1-11(10)20-9-2-5-19(6-3-9)13-18-17-12(7-15)21-13/h1,4,8-9H,2-3,5-6H2. The van der Waals surface area contributed by atoms with Gasteiger partial charge in [-0.15, -0.1) is 0 Å². The molecule has 3 heterocycles. The molecule has 0 bridgehead atoms. The van der Waals surface area contributed by atoms with Crippen molar-refractivity contribution in [2.24, 2.45) is 0 Å². The first-order chi connectivity index (χ1) is 10.3. The first kappa shape index (κ1) is 14.3. The quantitative estimate of drug-likeness (QED) is 0.748. The molecule has 106 valence electrons. The van der Waals surface area contributed by atoms with Crippen molar-refractivity contribution < 1.29 is 4.74 Å². The SMILES string of the molecule is N#Cc1nnc(N2CCC(Oc3ccncc3[As])CC2)s1. The van der Waals surface area contributed by atoms with Crippen molar-refractivity contribution in [3.63, 3.8) is 0 Å². The maximum atomic E-state index is 8.79. The van der Waals surface area contributed by atoms with Gasteiger partial charge >= 0.3 is 135 Å². The van der Waals surface area contributed by atoms with E-state index < -0.39 is 0 Å². The Bertz CT molecular complexity index is 663. The molecule has 0 amide bonds. The first-order valence-electron chi connectivity index (χ1n) is 6.54. The van der Waals surface area contributed by atoms with Crippen LogP contribution in [0.15, 0.2) is 18.5 Å². The number of pyridine rings is 1. The van der Waals surface area contributed by atoms with E-state index >= 15 is 0 Å². The Balaban J connectivity index is 1.58. The van der Waals surface area contributed by atoms with Crippen molar-refractivity contribution in [1.82, 2.24) is 15.2 Å². The number of aromatic nitrogens is 3. The van der Waals surface area contributed by atoms with Crippen molar-refractivity contribution in [3.8, 4) is 11.8 Å². The molecule has 0 spiro atoms. The van der Waals surface area contributed by atoms with E-state index in [0.29, 0.717) is 5.01 Å². The fraction of sp³-hybridized carbons (Fsp3) is 0.385. The first-order valence-corrected chi connectivity index (χ1v) is 8.30. The van der Waals surface area contributed by atoms with E-state index in [0.717, 1.165) is 41.2 Å². The summed E-state index contributed by atoms with van der Waals surface area (Å²) in [6.07, 6.45) is 5.59. The molecule has 0 unspecified atom stereocenters. The molecule has 2 radical (unpaired) electrons. The third kappa shape index (κ3) is 3.34. The zero-order valence-electron chi connectivity index (χ0n) is 11.1. The molecular weight excluding hydrogens is 349 g/mol. The summed E-state index contributed by atoms with van der Waals surface area (Å²) in [7, 11) is 0. The molecule has 1 aliphatic heterocycles. The number of hydrogen-bond acceptors (Lipinski definition) is 7. The van der Waals surface area contributed by atoms with Gasteiger partial charge in [-0.25, -0.2) is 0 Å². The van der Waals surface area contributed by atoms with Crippen LogP contribution >= 0.6 is 11.3 Å². The molecule has 21 heavy (non-hydrogen) atoms. The number of hydrogen-bond donors (Lipinski definition) is 0. The van der Waals surface area contributed by atoms with Gasteiger partial charge in [-0.05, 0) is 0 Å². The number of nitrogens with zero attached hydrogens (tertiary/aromatic N) is 5. The van der Waals surface area contributed by atoms with Crippen LogP contribution in [0.5, 0.6) is 5.75 Å². The van der Waals surface area contributed by atoms with E-state index in [1.807, 2.05) is 12.1 Å². The average Bonchev–Trinajstić information content (AvgIpc) is 2.99. The van der Waals surface area contributed by atoms with E-state index in [1.54, 1.807) is 12.4 Å².